The topological polar surface area (TPSA) is 88.5 Å². The van der Waals surface area contributed by atoms with E-state index in [1.54, 1.807) is 36.4 Å². The number of rotatable bonds is 5. The molecule has 2 aliphatic heterocycles. The number of anilines is 2. The lowest BCUT2D eigenvalue weighted by molar-refractivity contribution is -0.122. The molecule has 4 aromatic rings. The number of thioether (sulfide) groups is 1. The molecule has 3 atom stereocenters. The van der Waals surface area contributed by atoms with E-state index in [-0.39, 0.29) is 17.5 Å². The molecule has 6 rings (SSSR count). The monoisotopic (exact) mass is 627 g/mol. The quantitative estimate of drug-likeness (QED) is 0.270. The number of amides is 3. The van der Waals surface area contributed by atoms with Gasteiger partial charge in [-0.1, -0.05) is 76.1 Å². The normalized spacial score (nSPS) is 19.7. The predicted molar refractivity (Wildman–Crippen MR) is 159 cm³/mol. The van der Waals surface area contributed by atoms with Gasteiger partial charge < -0.3 is 5.32 Å². The van der Waals surface area contributed by atoms with Gasteiger partial charge in [-0.25, -0.2) is 9.29 Å². The standard InChI is InChI=1S/C29H20Cl2FN3O4S2/c1-14-2-9-18(10-3-14)35-26(37)23-22(15-4-6-16(32)7-5-15)25-28(40-24(23)27(35)38)34(29(39)41-25)13-21(36)33-17-8-11-19(30)20(31)12-17/h2-12,22-24H,13H2,1H3,(H,33,36)/t22-,23?,24?/m1/s1. The summed E-state index contributed by atoms with van der Waals surface area (Å²) in [5.41, 5.74) is 2.45. The van der Waals surface area contributed by atoms with Gasteiger partial charge in [-0.05, 0) is 55.0 Å². The molecule has 3 aromatic carbocycles. The molecule has 2 unspecified atom stereocenters. The molecule has 1 aromatic heterocycles. The van der Waals surface area contributed by atoms with Crippen LogP contribution in [0.4, 0.5) is 15.8 Å². The molecule has 3 heterocycles. The van der Waals surface area contributed by atoms with Crippen LogP contribution in [-0.4, -0.2) is 27.5 Å². The van der Waals surface area contributed by atoms with E-state index in [2.05, 4.69) is 5.32 Å². The molecule has 12 heteroatoms. The highest BCUT2D eigenvalue weighted by atomic mass is 35.5. The molecular formula is C29H20Cl2FN3O4S2. The first-order valence-electron chi connectivity index (χ1n) is 12.5. The summed E-state index contributed by atoms with van der Waals surface area (Å²) in [6.45, 7) is 1.59. The van der Waals surface area contributed by atoms with Crippen molar-refractivity contribution in [3.8, 4) is 0 Å². The van der Waals surface area contributed by atoms with E-state index in [1.807, 2.05) is 19.1 Å². The van der Waals surface area contributed by atoms with Crippen LogP contribution >= 0.6 is 46.3 Å². The fourth-order valence-corrected chi connectivity index (χ4v) is 8.22. The zero-order chi connectivity index (χ0) is 29.0. The third-order valence-corrected chi connectivity index (χ3v) is 10.4. The summed E-state index contributed by atoms with van der Waals surface area (Å²) in [5, 5.41) is 2.90. The maximum Gasteiger partial charge on any atom is 0.308 e. The Balaban J connectivity index is 1.40. The van der Waals surface area contributed by atoms with Crippen molar-refractivity contribution in [2.75, 3.05) is 10.2 Å². The minimum atomic E-state index is -0.843. The van der Waals surface area contributed by atoms with E-state index >= 15 is 0 Å². The van der Waals surface area contributed by atoms with Gasteiger partial charge in [0.1, 0.15) is 17.6 Å². The number of carbonyl (C=O) groups is 3. The maximum atomic E-state index is 13.9. The van der Waals surface area contributed by atoms with Crippen molar-refractivity contribution in [3.05, 3.63) is 108 Å². The number of hydrogen-bond acceptors (Lipinski definition) is 6. The number of aromatic nitrogens is 1. The number of imide groups is 1. The molecule has 208 valence electrons. The number of aryl methyl sites for hydroxylation is 1. The fourth-order valence-electron chi connectivity index (χ4n) is 5.15. The van der Waals surface area contributed by atoms with Crippen molar-refractivity contribution in [3.63, 3.8) is 0 Å². The third kappa shape index (κ3) is 4.99. The van der Waals surface area contributed by atoms with Crippen molar-refractivity contribution >= 4 is 75.4 Å². The number of fused-ring (bicyclic) bond motifs is 2. The number of nitrogens with zero attached hydrogens (tertiary/aromatic N) is 2. The van der Waals surface area contributed by atoms with Crippen LogP contribution in [0.3, 0.4) is 0 Å². The molecule has 0 bridgehead atoms. The Morgan fingerprint density at radius 3 is 2.34 bits per heavy atom. The molecule has 3 amide bonds. The van der Waals surface area contributed by atoms with E-state index in [0.29, 0.717) is 31.9 Å². The summed E-state index contributed by atoms with van der Waals surface area (Å²) in [6, 6.07) is 17.4. The minimum absolute atomic E-state index is 0.265. The van der Waals surface area contributed by atoms with Crippen LogP contribution < -0.4 is 15.1 Å². The summed E-state index contributed by atoms with van der Waals surface area (Å²) in [5.74, 6) is -3.22. The van der Waals surface area contributed by atoms with Gasteiger partial charge in [-0.2, -0.15) is 0 Å². The van der Waals surface area contributed by atoms with Crippen molar-refractivity contribution in [1.82, 2.24) is 4.57 Å². The maximum absolute atomic E-state index is 13.9. The zero-order valence-corrected chi connectivity index (χ0v) is 24.4. The summed E-state index contributed by atoms with van der Waals surface area (Å²) < 4.78 is 15.2. The Morgan fingerprint density at radius 1 is 0.951 bits per heavy atom. The lowest BCUT2D eigenvalue weighted by Crippen LogP contribution is -2.33. The lowest BCUT2D eigenvalue weighted by Gasteiger charge is -2.30. The molecule has 1 fully saturated rings. The smallest absolute Gasteiger partial charge is 0.308 e. The molecular weight excluding hydrogens is 608 g/mol. The van der Waals surface area contributed by atoms with Crippen LogP contribution in [0, 0.1) is 18.7 Å². The summed E-state index contributed by atoms with van der Waals surface area (Å²) in [6.07, 6.45) is 0. The second kappa shape index (κ2) is 10.8. The second-order valence-electron chi connectivity index (χ2n) is 9.74. The number of hydrogen-bond donors (Lipinski definition) is 1. The highest BCUT2D eigenvalue weighted by Crippen LogP contribution is 2.53. The van der Waals surface area contributed by atoms with Gasteiger partial charge in [0.15, 0.2) is 0 Å². The second-order valence-corrected chi connectivity index (χ2v) is 12.7. The third-order valence-electron chi connectivity index (χ3n) is 7.08. The molecule has 7 nitrogen and oxygen atoms in total. The first kappa shape index (κ1) is 27.7. The molecule has 0 radical (unpaired) electrons. The van der Waals surface area contributed by atoms with E-state index in [9.17, 15) is 23.6 Å². The molecule has 41 heavy (non-hydrogen) atoms. The Morgan fingerprint density at radius 2 is 1.66 bits per heavy atom. The number of carbonyl (C=O) groups excluding carboxylic acids is 3. The zero-order valence-electron chi connectivity index (χ0n) is 21.3. The van der Waals surface area contributed by atoms with Gasteiger partial charge >= 0.3 is 4.87 Å². The lowest BCUT2D eigenvalue weighted by atomic mass is 9.83. The van der Waals surface area contributed by atoms with Crippen LogP contribution in [0.15, 0.2) is 76.6 Å². The van der Waals surface area contributed by atoms with Crippen LogP contribution in [0.25, 0.3) is 0 Å². The average Bonchev–Trinajstić information content (AvgIpc) is 3.38. The first-order valence-corrected chi connectivity index (χ1v) is 14.9. The van der Waals surface area contributed by atoms with E-state index in [1.165, 1.54) is 27.7 Å². The summed E-state index contributed by atoms with van der Waals surface area (Å²) >= 11 is 14.1. The van der Waals surface area contributed by atoms with Crippen molar-refractivity contribution in [2.24, 2.45) is 5.92 Å². The number of nitrogens with one attached hydrogen (secondary N) is 1. The van der Waals surface area contributed by atoms with Gasteiger partial charge in [0.25, 0.3) is 0 Å². The summed E-state index contributed by atoms with van der Waals surface area (Å²) in [4.78, 5) is 55.2. The molecule has 0 spiro atoms. The van der Waals surface area contributed by atoms with Crippen LogP contribution in [0.5, 0.6) is 0 Å². The largest absolute Gasteiger partial charge is 0.324 e. The molecule has 2 aliphatic rings. The Hall–Kier alpha value is -3.44. The van der Waals surface area contributed by atoms with Gasteiger partial charge in [-0.3, -0.25) is 23.7 Å². The molecule has 1 saturated heterocycles. The van der Waals surface area contributed by atoms with Crippen molar-refractivity contribution < 1.29 is 18.8 Å². The van der Waals surface area contributed by atoms with E-state index in [4.69, 9.17) is 23.2 Å². The highest BCUT2D eigenvalue weighted by Gasteiger charge is 2.56. The van der Waals surface area contributed by atoms with Gasteiger partial charge in [0.2, 0.25) is 17.7 Å². The Bertz CT molecular complexity index is 1770. The van der Waals surface area contributed by atoms with Gasteiger partial charge in [-0.15, -0.1) is 0 Å². The van der Waals surface area contributed by atoms with Crippen molar-refractivity contribution in [1.29, 1.82) is 0 Å². The molecule has 0 saturated carbocycles. The Kier molecular flexibility index (Phi) is 7.27. The number of benzene rings is 3. The predicted octanol–water partition coefficient (Wildman–Crippen LogP) is 6.10. The SMILES string of the molecule is Cc1ccc(N2C(=O)C3Sc4c(sc(=O)n4CC(=O)Nc4ccc(Cl)c(Cl)c4)[C@H](c4ccc(F)cc4)C3C2=O)cc1. The van der Waals surface area contributed by atoms with Crippen molar-refractivity contribution in [2.45, 2.75) is 29.7 Å². The van der Waals surface area contributed by atoms with E-state index in [0.717, 1.165) is 28.7 Å². The number of halogens is 3. The molecule has 1 N–H and O–H groups in total. The molecule has 0 aliphatic carbocycles. The van der Waals surface area contributed by atoms with Crippen LogP contribution in [-0.2, 0) is 20.9 Å². The average molecular weight is 629 g/mol. The van der Waals surface area contributed by atoms with Crippen LogP contribution in [0.1, 0.15) is 21.9 Å². The van der Waals surface area contributed by atoms with E-state index < -0.39 is 39.6 Å². The van der Waals surface area contributed by atoms with Gasteiger partial charge in [0.05, 0.1) is 26.7 Å². The minimum Gasteiger partial charge on any atom is -0.324 e. The highest BCUT2D eigenvalue weighted by molar-refractivity contribution is 8.00. The summed E-state index contributed by atoms with van der Waals surface area (Å²) in [7, 11) is 0. The van der Waals surface area contributed by atoms with Crippen LogP contribution in [0.2, 0.25) is 10.0 Å². The van der Waals surface area contributed by atoms with Gasteiger partial charge in [0, 0.05) is 16.5 Å². The fraction of sp³-hybridized carbons (Fsp3) is 0.172. The Labute approximate surface area is 251 Å². The first-order chi connectivity index (χ1) is 19.6. The number of thiazole rings is 1.